The van der Waals surface area contributed by atoms with E-state index in [4.69, 9.17) is 9.47 Å². The van der Waals surface area contributed by atoms with Crippen LogP contribution in [0.15, 0.2) is 30.3 Å². The Bertz CT molecular complexity index is 465. The topological polar surface area (TPSA) is 64.6 Å². The molecule has 116 valence electrons. The normalized spacial score (nSPS) is 12.6. The Morgan fingerprint density at radius 3 is 2.33 bits per heavy atom. The zero-order valence-corrected chi connectivity index (χ0v) is 13.0. The van der Waals surface area contributed by atoms with Gasteiger partial charge in [-0.2, -0.15) is 0 Å². The van der Waals surface area contributed by atoms with E-state index in [0.717, 1.165) is 5.56 Å². The van der Waals surface area contributed by atoms with E-state index in [2.05, 4.69) is 5.32 Å². The van der Waals surface area contributed by atoms with E-state index in [-0.39, 0.29) is 12.5 Å². The van der Waals surface area contributed by atoms with Crippen molar-refractivity contribution in [1.82, 2.24) is 5.32 Å². The van der Waals surface area contributed by atoms with Crippen molar-refractivity contribution in [3.63, 3.8) is 0 Å². The van der Waals surface area contributed by atoms with Gasteiger partial charge in [0.1, 0.15) is 18.2 Å². The number of nitrogens with one attached hydrogen (secondary N) is 1. The third-order valence-corrected chi connectivity index (χ3v) is 2.58. The number of hydrogen-bond acceptors (Lipinski definition) is 4. The summed E-state index contributed by atoms with van der Waals surface area (Å²) in [7, 11) is 1.43. The number of benzene rings is 1. The van der Waals surface area contributed by atoms with Crippen molar-refractivity contribution < 1.29 is 19.1 Å². The number of methoxy groups -OCH3 is 1. The van der Waals surface area contributed by atoms with Crippen molar-refractivity contribution in [2.24, 2.45) is 0 Å². The lowest BCUT2D eigenvalue weighted by Crippen LogP contribution is -2.46. The van der Waals surface area contributed by atoms with Crippen LogP contribution in [0.25, 0.3) is 0 Å². The Labute approximate surface area is 125 Å². The molecule has 0 aliphatic carbocycles. The first kappa shape index (κ1) is 17.2. The molecule has 1 N–H and O–H groups in total. The highest BCUT2D eigenvalue weighted by molar-refractivity contribution is 5.85. The van der Waals surface area contributed by atoms with Crippen LogP contribution in [0.1, 0.15) is 26.3 Å². The highest BCUT2D eigenvalue weighted by Gasteiger charge is 2.26. The summed E-state index contributed by atoms with van der Waals surface area (Å²) in [6.45, 7) is 5.29. The maximum Gasteiger partial charge on any atom is 0.329 e. The summed E-state index contributed by atoms with van der Waals surface area (Å²) in [5, 5.41) is 2.65. The molecule has 5 nitrogen and oxygen atoms in total. The van der Waals surface area contributed by atoms with Crippen molar-refractivity contribution >= 4 is 11.9 Å². The molecule has 0 aliphatic rings. The molecule has 1 amide bonds. The molecule has 0 spiro atoms. The smallest absolute Gasteiger partial charge is 0.329 e. The summed E-state index contributed by atoms with van der Waals surface area (Å²) in [6, 6.07) is 8.75. The summed E-state index contributed by atoms with van der Waals surface area (Å²) < 4.78 is 10.1. The quantitative estimate of drug-likeness (QED) is 0.811. The molecule has 5 heteroatoms. The lowest BCUT2D eigenvalue weighted by molar-refractivity contribution is -0.158. The predicted octanol–water partition coefficient (Wildman–Crippen LogP) is 1.70. The van der Waals surface area contributed by atoms with E-state index in [1.54, 1.807) is 20.8 Å². The van der Waals surface area contributed by atoms with Gasteiger partial charge in [-0.3, -0.25) is 4.79 Å². The van der Waals surface area contributed by atoms with Gasteiger partial charge < -0.3 is 14.8 Å². The minimum absolute atomic E-state index is 0.0892. The second kappa shape index (κ2) is 7.78. The van der Waals surface area contributed by atoms with Gasteiger partial charge in [0.15, 0.2) is 0 Å². The van der Waals surface area contributed by atoms with Gasteiger partial charge in [0.2, 0.25) is 5.91 Å². The lowest BCUT2D eigenvalue weighted by atomic mass is 10.1. The fraction of sp³-hybridized carbons (Fsp3) is 0.500. The van der Waals surface area contributed by atoms with Crippen LogP contribution in [-0.4, -0.2) is 37.2 Å². The van der Waals surface area contributed by atoms with Crippen LogP contribution in [-0.2, 0) is 25.5 Å². The number of esters is 1. The van der Waals surface area contributed by atoms with Gasteiger partial charge in [-0.05, 0) is 26.3 Å². The first-order chi connectivity index (χ1) is 9.81. The molecule has 0 saturated heterocycles. The SMILES string of the molecule is COCC(=O)NC(Cc1ccccc1)C(=O)OC(C)(C)C. The fourth-order valence-corrected chi connectivity index (χ4v) is 1.78. The molecule has 0 bridgehead atoms. The summed E-state index contributed by atoms with van der Waals surface area (Å²) >= 11 is 0. The minimum atomic E-state index is -0.728. The van der Waals surface area contributed by atoms with E-state index < -0.39 is 17.6 Å². The van der Waals surface area contributed by atoms with E-state index in [1.165, 1.54) is 7.11 Å². The van der Waals surface area contributed by atoms with Crippen LogP contribution in [0.2, 0.25) is 0 Å². The average molecular weight is 293 g/mol. The lowest BCUT2D eigenvalue weighted by Gasteiger charge is -2.24. The number of ether oxygens (including phenoxy) is 2. The van der Waals surface area contributed by atoms with Crippen molar-refractivity contribution in [2.75, 3.05) is 13.7 Å². The predicted molar refractivity (Wildman–Crippen MR) is 79.8 cm³/mol. The van der Waals surface area contributed by atoms with Crippen molar-refractivity contribution in [3.8, 4) is 0 Å². The van der Waals surface area contributed by atoms with Crippen LogP contribution in [0.4, 0.5) is 0 Å². The molecule has 0 aliphatic heterocycles. The summed E-state index contributed by atoms with van der Waals surface area (Å²) in [4.78, 5) is 23.9. The Morgan fingerprint density at radius 1 is 1.19 bits per heavy atom. The maximum absolute atomic E-state index is 12.2. The Kier molecular flexibility index (Phi) is 6.37. The fourth-order valence-electron chi connectivity index (χ4n) is 1.78. The molecule has 1 unspecified atom stereocenters. The number of rotatable bonds is 6. The molecule has 1 atom stereocenters. The van der Waals surface area contributed by atoms with Crippen LogP contribution < -0.4 is 5.32 Å². The molecule has 0 radical (unpaired) electrons. The number of hydrogen-bond donors (Lipinski definition) is 1. The Balaban J connectivity index is 2.78. The second-order valence-corrected chi connectivity index (χ2v) is 5.78. The largest absolute Gasteiger partial charge is 0.458 e. The van der Waals surface area contributed by atoms with E-state index in [0.29, 0.717) is 6.42 Å². The zero-order chi connectivity index (χ0) is 15.9. The van der Waals surface area contributed by atoms with E-state index in [1.807, 2.05) is 30.3 Å². The van der Waals surface area contributed by atoms with Crippen LogP contribution in [0.3, 0.4) is 0 Å². The van der Waals surface area contributed by atoms with Gasteiger partial charge in [-0.1, -0.05) is 30.3 Å². The zero-order valence-electron chi connectivity index (χ0n) is 13.0. The Morgan fingerprint density at radius 2 is 1.81 bits per heavy atom. The summed E-state index contributed by atoms with van der Waals surface area (Å²) in [6.07, 6.45) is 0.380. The van der Waals surface area contributed by atoms with Crippen LogP contribution in [0.5, 0.6) is 0 Å². The second-order valence-electron chi connectivity index (χ2n) is 5.78. The van der Waals surface area contributed by atoms with E-state index >= 15 is 0 Å². The minimum Gasteiger partial charge on any atom is -0.458 e. The summed E-state index contributed by atoms with van der Waals surface area (Å²) in [5.74, 6) is -0.792. The van der Waals surface area contributed by atoms with Gasteiger partial charge in [0, 0.05) is 13.5 Å². The number of carbonyl (C=O) groups excluding carboxylic acids is 2. The number of carbonyl (C=O) groups is 2. The summed E-state index contributed by atoms with van der Waals surface area (Å²) in [5.41, 5.74) is 0.351. The molecule has 0 aromatic heterocycles. The van der Waals surface area contributed by atoms with Gasteiger partial charge in [-0.25, -0.2) is 4.79 Å². The third kappa shape index (κ3) is 6.90. The van der Waals surface area contributed by atoms with Gasteiger partial charge in [0.05, 0.1) is 0 Å². The molecule has 0 fully saturated rings. The first-order valence-corrected chi connectivity index (χ1v) is 6.87. The molecule has 1 rings (SSSR count). The highest BCUT2D eigenvalue weighted by Crippen LogP contribution is 2.11. The third-order valence-electron chi connectivity index (χ3n) is 2.58. The highest BCUT2D eigenvalue weighted by atomic mass is 16.6. The van der Waals surface area contributed by atoms with Crippen LogP contribution in [0, 0.1) is 0 Å². The van der Waals surface area contributed by atoms with Crippen molar-refractivity contribution in [1.29, 1.82) is 0 Å². The molecule has 0 heterocycles. The molecule has 1 aromatic carbocycles. The van der Waals surface area contributed by atoms with Crippen molar-refractivity contribution in [3.05, 3.63) is 35.9 Å². The van der Waals surface area contributed by atoms with Gasteiger partial charge >= 0.3 is 5.97 Å². The van der Waals surface area contributed by atoms with Crippen LogP contribution >= 0.6 is 0 Å². The molecular weight excluding hydrogens is 270 g/mol. The maximum atomic E-state index is 12.2. The van der Waals surface area contributed by atoms with E-state index in [9.17, 15) is 9.59 Å². The van der Waals surface area contributed by atoms with Crippen molar-refractivity contribution in [2.45, 2.75) is 38.8 Å². The molecule has 1 aromatic rings. The average Bonchev–Trinajstić information content (AvgIpc) is 2.37. The first-order valence-electron chi connectivity index (χ1n) is 6.87. The Hall–Kier alpha value is -1.88. The van der Waals surface area contributed by atoms with Gasteiger partial charge in [-0.15, -0.1) is 0 Å². The molecular formula is C16H23NO4. The number of amides is 1. The standard InChI is InChI=1S/C16H23NO4/c1-16(2,3)21-15(19)13(17-14(18)11-20-4)10-12-8-6-5-7-9-12/h5-9,13H,10-11H2,1-4H3,(H,17,18). The molecule has 0 saturated carbocycles. The monoisotopic (exact) mass is 293 g/mol. The van der Waals surface area contributed by atoms with Gasteiger partial charge in [0.25, 0.3) is 0 Å². The molecule has 21 heavy (non-hydrogen) atoms.